The number of hydrogen-bond donors (Lipinski definition) is 1. The second-order valence-corrected chi connectivity index (χ2v) is 6.00. The first-order chi connectivity index (χ1) is 8.27. The Kier molecular flexibility index (Phi) is 2.74. The third-order valence-corrected chi connectivity index (χ3v) is 5.31. The van der Waals surface area contributed by atoms with Gasteiger partial charge in [-0.05, 0) is 43.1 Å². The van der Waals surface area contributed by atoms with Gasteiger partial charge < -0.3 is 5.73 Å². The van der Waals surface area contributed by atoms with E-state index in [0.29, 0.717) is 11.5 Å². The van der Waals surface area contributed by atoms with Gasteiger partial charge >= 0.3 is 0 Å². The van der Waals surface area contributed by atoms with E-state index in [9.17, 15) is 0 Å². The van der Waals surface area contributed by atoms with E-state index in [-0.39, 0.29) is 0 Å². The molecule has 0 radical (unpaired) electrons. The minimum Gasteiger partial charge on any atom is -0.327 e. The Morgan fingerprint density at radius 3 is 2.59 bits per heavy atom. The molecular formula is C16H23N. The van der Waals surface area contributed by atoms with Gasteiger partial charge in [-0.3, -0.25) is 0 Å². The van der Waals surface area contributed by atoms with Crippen molar-refractivity contribution in [3.63, 3.8) is 0 Å². The SMILES string of the molecule is CCC(N)[C@@]1(c2ccccc2)C[C@H]2CC[C@H]1C2. The molecule has 0 spiro atoms. The van der Waals surface area contributed by atoms with Crippen LogP contribution in [-0.4, -0.2) is 6.04 Å². The fraction of sp³-hybridized carbons (Fsp3) is 0.625. The van der Waals surface area contributed by atoms with Crippen molar-refractivity contribution in [1.29, 1.82) is 0 Å². The first-order valence-corrected chi connectivity index (χ1v) is 7.08. The third kappa shape index (κ3) is 1.55. The highest BCUT2D eigenvalue weighted by Gasteiger charge is 2.54. The van der Waals surface area contributed by atoms with Crippen LogP contribution in [0.2, 0.25) is 0 Å². The molecule has 1 nitrogen and oxygen atoms in total. The quantitative estimate of drug-likeness (QED) is 0.843. The average molecular weight is 229 g/mol. The van der Waals surface area contributed by atoms with Crippen LogP contribution in [-0.2, 0) is 5.41 Å². The normalized spacial score (nSPS) is 37.3. The number of hydrogen-bond acceptors (Lipinski definition) is 1. The van der Waals surface area contributed by atoms with Crippen molar-refractivity contribution in [1.82, 2.24) is 0 Å². The van der Waals surface area contributed by atoms with Gasteiger partial charge in [0.1, 0.15) is 0 Å². The number of nitrogens with two attached hydrogens (primary N) is 1. The predicted molar refractivity (Wildman–Crippen MR) is 71.8 cm³/mol. The molecular weight excluding hydrogens is 206 g/mol. The van der Waals surface area contributed by atoms with E-state index in [4.69, 9.17) is 5.73 Å². The van der Waals surface area contributed by atoms with Gasteiger partial charge in [-0.25, -0.2) is 0 Å². The third-order valence-electron chi connectivity index (χ3n) is 5.31. The molecule has 1 heteroatoms. The van der Waals surface area contributed by atoms with Gasteiger partial charge in [0.25, 0.3) is 0 Å². The molecule has 0 saturated heterocycles. The molecule has 17 heavy (non-hydrogen) atoms. The van der Waals surface area contributed by atoms with Crippen molar-refractivity contribution in [2.45, 2.75) is 50.5 Å². The van der Waals surface area contributed by atoms with E-state index >= 15 is 0 Å². The van der Waals surface area contributed by atoms with Crippen LogP contribution in [0.4, 0.5) is 0 Å². The zero-order chi connectivity index (χ0) is 11.9. The smallest absolute Gasteiger partial charge is 0.0136 e. The fourth-order valence-corrected chi connectivity index (χ4v) is 4.51. The molecule has 0 aliphatic heterocycles. The molecule has 0 aromatic heterocycles. The second-order valence-electron chi connectivity index (χ2n) is 6.00. The Labute approximate surface area is 104 Å². The van der Waals surface area contributed by atoms with Crippen LogP contribution in [0.5, 0.6) is 0 Å². The van der Waals surface area contributed by atoms with E-state index in [2.05, 4.69) is 37.3 Å². The summed E-state index contributed by atoms with van der Waals surface area (Å²) in [6.45, 7) is 2.24. The standard InChI is InChI=1S/C16H23N/c1-2-15(17)16(13-6-4-3-5-7-13)11-12-8-9-14(16)10-12/h3-7,12,14-15H,2,8-11,17H2,1H3/t12-,14-,15?,16+/m0/s1. The summed E-state index contributed by atoms with van der Waals surface area (Å²) in [6, 6.07) is 11.4. The van der Waals surface area contributed by atoms with Gasteiger partial charge in [0.2, 0.25) is 0 Å². The lowest BCUT2D eigenvalue weighted by atomic mass is 9.63. The van der Waals surface area contributed by atoms with Crippen LogP contribution in [0.1, 0.15) is 44.6 Å². The molecule has 92 valence electrons. The van der Waals surface area contributed by atoms with E-state index in [1.807, 2.05) is 0 Å². The molecule has 2 N–H and O–H groups in total. The monoisotopic (exact) mass is 229 g/mol. The van der Waals surface area contributed by atoms with Gasteiger partial charge in [0.05, 0.1) is 0 Å². The predicted octanol–water partition coefficient (Wildman–Crippen LogP) is 3.48. The summed E-state index contributed by atoms with van der Waals surface area (Å²) < 4.78 is 0. The average Bonchev–Trinajstić information content (AvgIpc) is 2.99. The molecule has 0 amide bonds. The molecule has 1 aromatic rings. The Hall–Kier alpha value is -0.820. The first-order valence-electron chi connectivity index (χ1n) is 7.08. The molecule has 2 bridgehead atoms. The summed E-state index contributed by atoms with van der Waals surface area (Å²) in [4.78, 5) is 0. The van der Waals surface area contributed by atoms with Gasteiger partial charge in [-0.15, -0.1) is 0 Å². The lowest BCUT2D eigenvalue weighted by molar-refractivity contribution is 0.215. The van der Waals surface area contributed by atoms with Crippen molar-refractivity contribution < 1.29 is 0 Å². The van der Waals surface area contributed by atoms with Crippen LogP contribution >= 0.6 is 0 Å². The first kappa shape index (κ1) is 11.3. The lowest BCUT2D eigenvalue weighted by Gasteiger charge is -2.43. The molecule has 2 aliphatic carbocycles. The molecule has 3 rings (SSSR count). The molecule has 2 saturated carbocycles. The highest BCUT2D eigenvalue weighted by atomic mass is 14.7. The fourth-order valence-electron chi connectivity index (χ4n) is 4.51. The van der Waals surface area contributed by atoms with Crippen LogP contribution in [0.3, 0.4) is 0 Å². The maximum Gasteiger partial charge on any atom is 0.0136 e. The number of benzene rings is 1. The number of rotatable bonds is 3. The zero-order valence-corrected chi connectivity index (χ0v) is 10.7. The van der Waals surface area contributed by atoms with E-state index in [1.165, 1.54) is 31.2 Å². The van der Waals surface area contributed by atoms with E-state index < -0.39 is 0 Å². The van der Waals surface area contributed by atoms with Crippen molar-refractivity contribution >= 4 is 0 Å². The van der Waals surface area contributed by atoms with E-state index in [0.717, 1.165) is 18.3 Å². The Morgan fingerprint density at radius 2 is 2.06 bits per heavy atom. The van der Waals surface area contributed by atoms with Crippen molar-refractivity contribution in [3.8, 4) is 0 Å². The summed E-state index contributed by atoms with van der Waals surface area (Å²) >= 11 is 0. The topological polar surface area (TPSA) is 26.0 Å². The summed E-state index contributed by atoms with van der Waals surface area (Å²) in [6.07, 6.45) is 6.68. The number of fused-ring (bicyclic) bond motifs is 2. The van der Waals surface area contributed by atoms with Crippen LogP contribution < -0.4 is 5.73 Å². The Bertz CT molecular complexity index is 386. The maximum atomic E-state index is 6.53. The minimum atomic E-state index is 0.291. The Morgan fingerprint density at radius 1 is 1.29 bits per heavy atom. The molecule has 2 aliphatic rings. The molecule has 1 unspecified atom stereocenters. The van der Waals surface area contributed by atoms with Crippen LogP contribution in [0, 0.1) is 11.8 Å². The largest absolute Gasteiger partial charge is 0.327 e. The summed E-state index contributed by atoms with van der Waals surface area (Å²) in [5, 5.41) is 0. The van der Waals surface area contributed by atoms with Gasteiger partial charge in [-0.2, -0.15) is 0 Å². The van der Waals surface area contributed by atoms with Gasteiger partial charge in [-0.1, -0.05) is 43.7 Å². The molecule has 2 fully saturated rings. The van der Waals surface area contributed by atoms with Crippen molar-refractivity contribution in [3.05, 3.63) is 35.9 Å². The van der Waals surface area contributed by atoms with Crippen LogP contribution in [0.15, 0.2) is 30.3 Å². The van der Waals surface area contributed by atoms with Gasteiger partial charge in [0.15, 0.2) is 0 Å². The van der Waals surface area contributed by atoms with Crippen LogP contribution in [0.25, 0.3) is 0 Å². The van der Waals surface area contributed by atoms with Crippen molar-refractivity contribution in [2.75, 3.05) is 0 Å². The van der Waals surface area contributed by atoms with Crippen molar-refractivity contribution in [2.24, 2.45) is 17.6 Å². The lowest BCUT2D eigenvalue weighted by Crippen LogP contribution is -2.48. The maximum absolute atomic E-state index is 6.53. The molecule has 0 heterocycles. The highest BCUT2D eigenvalue weighted by molar-refractivity contribution is 5.32. The summed E-state index contributed by atoms with van der Waals surface area (Å²) in [7, 11) is 0. The molecule has 4 atom stereocenters. The highest BCUT2D eigenvalue weighted by Crippen LogP contribution is 2.58. The molecule has 1 aromatic carbocycles. The summed E-state index contributed by atoms with van der Waals surface area (Å²) in [5.74, 6) is 1.78. The zero-order valence-electron chi connectivity index (χ0n) is 10.7. The minimum absolute atomic E-state index is 0.291. The van der Waals surface area contributed by atoms with Gasteiger partial charge in [0, 0.05) is 11.5 Å². The summed E-state index contributed by atoms with van der Waals surface area (Å²) in [5.41, 5.74) is 8.32. The Balaban J connectivity index is 2.04. The van der Waals surface area contributed by atoms with E-state index in [1.54, 1.807) is 0 Å². The second kappa shape index (κ2) is 4.13.